The molecule has 0 fully saturated rings. The fourth-order valence-corrected chi connectivity index (χ4v) is 4.94. The van der Waals surface area contributed by atoms with Crippen LogP contribution in [0.5, 0.6) is 0 Å². The predicted molar refractivity (Wildman–Crippen MR) is 70.3 cm³/mol. The number of pyridine rings is 1. The van der Waals surface area contributed by atoms with Crippen molar-refractivity contribution in [2.75, 3.05) is 14.2 Å². The Labute approximate surface area is 104 Å². The third kappa shape index (κ3) is 2.17. The van der Waals surface area contributed by atoms with E-state index in [2.05, 4.69) is 24.5 Å². The van der Waals surface area contributed by atoms with E-state index >= 15 is 0 Å². The summed E-state index contributed by atoms with van der Waals surface area (Å²) in [6, 6.07) is 2.10. The van der Waals surface area contributed by atoms with Crippen molar-refractivity contribution in [2.24, 2.45) is 0 Å². The van der Waals surface area contributed by atoms with Crippen molar-refractivity contribution in [2.45, 2.75) is 38.3 Å². The number of rotatable bonds is 3. The van der Waals surface area contributed by atoms with Crippen LogP contribution in [0.25, 0.3) is 0 Å². The normalized spacial score (nSPS) is 20.1. The van der Waals surface area contributed by atoms with Gasteiger partial charge < -0.3 is 8.85 Å². The van der Waals surface area contributed by atoms with Crippen LogP contribution in [-0.4, -0.2) is 27.8 Å². The molecule has 1 atom stereocenters. The van der Waals surface area contributed by atoms with Crippen molar-refractivity contribution >= 4 is 8.56 Å². The number of hydrogen-bond acceptors (Lipinski definition) is 3. The van der Waals surface area contributed by atoms with Gasteiger partial charge in [-0.25, -0.2) is 0 Å². The topological polar surface area (TPSA) is 31.4 Å². The Morgan fingerprint density at radius 2 is 2.06 bits per heavy atom. The minimum Gasteiger partial charge on any atom is -0.397 e. The van der Waals surface area contributed by atoms with Crippen LogP contribution in [0.2, 0.25) is 6.55 Å². The molecule has 0 saturated carbocycles. The van der Waals surface area contributed by atoms with Gasteiger partial charge in [-0.15, -0.1) is 0 Å². The van der Waals surface area contributed by atoms with Crippen LogP contribution in [0, 0.1) is 6.92 Å². The molecule has 94 valence electrons. The SMILES string of the molecule is CO[Si](C)(OC)C1CCCc2c(C)ccnc21. The van der Waals surface area contributed by atoms with Gasteiger partial charge in [0, 0.05) is 31.7 Å². The minimum atomic E-state index is -2.13. The largest absolute Gasteiger partial charge is 0.397 e. The van der Waals surface area contributed by atoms with Crippen LogP contribution in [0.4, 0.5) is 0 Å². The monoisotopic (exact) mass is 251 g/mol. The number of nitrogens with zero attached hydrogens (tertiary/aromatic N) is 1. The molecule has 0 saturated heterocycles. The Balaban J connectivity index is 2.44. The molecule has 1 aromatic heterocycles. The number of aryl methyl sites for hydroxylation is 1. The van der Waals surface area contributed by atoms with E-state index in [1.807, 2.05) is 6.20 Å². The smallest absolute Gasteiger partial charge is 0.343 e. The van der Waals surface area contributed by atoms with Gasteiger partial charge in [0.15, 0.2) is 0 Å². The third-order valence-electron chi connectivity index (χ3n) is 4.02. The Morgan fingerprint density at radius 1 is 1.35 bits per heavy atom. The highest BCUT2D eigenvalue weighted by Gasteiger charge is 2.43. The van der Waals surface area contributed by atoms with Gasteiger partial charge in [0.2, 0.25) is 0 Å². The van der Waals surface area contributed by atoms with Crippen LogP contribution in [0.15, 0.2) is 12.3 Å². The van der Waals surface area contributed by atoms with Gasteiger partial charge in [-0.2, -0.15) is 0 Å². The van der Waals surface area contributed by atoms with E-state index in [9.17, 15) is 0 Å². The molecule has 17 heavy (non-hydrogen) atoms. The molecule has 2 rings (SSSR count). The van der Waals surface area contributed by atoms with Gasteiger partial charge in [0.05, 0.1) is 0 Å². The zero-order valence-corrected chi connectivity index (χ0v) is 12.1. The van der Waals surface area contributed by atoms with Crippen LogP contribution in [0.3, 0.4) is 0 Å². The first-order chi connectivity index (χ1) is 8.12. The third-order valence-corrected chi connectivity index (χ3v) is 7.47. The molecule has 0 aromatic carbocycles. The second kappa shape index (κ2) is 4.88. The van der Waals surface area contributed by atoms with Crippen molar-refractivity contribution in [1.82, 2.24) is 4.98 Å². The fraction of sp³-hybridized carbons (Fsp3) is 0.615. The lowest BCUT2D eigenvalue weighted by Gasteiger charge is -2.35. The summed E-state index contributed by atoms with van der Waals surface area (Å²) in [6.45, 7) is 4.30. The molecule has 0 bridgehead atoms. The maximum atomic E-state index is 5.70. The molecule has 0 radical (unpaired) electrons. The molecule has 1 heterocycles. The Morgan fingerprint density at radius 3 is 2.71 bits per heavy atom. The fourth-order valence-electron chi connectivity index (χ4n) is 2.73. The van der Waals surface area contributed by atoms with E-state index in [1.54, 1.807) is 14.2 Å². The van der Waals surface area contributed by atoms with E-state index in [4.69, 9.17) is 8.85 Å². The summed E-state index contributed by atoms with van der Waals surface area (Å²) in [5, 5.41) is 0. The number of fused-ring (bicyclic) bond motifs is 1. The first kappa shape index (κ1) is 12.7. The maximum Gasteiger partial charge on any atom is 0.343 e. The van der Waals surface area contributed by atoms with E-state index in [0.717, 1.165) is 12.8 Å². The average Bonchev–Trinajstić information content (AvgIpc) is 2.38. The van der Waals surface area contributed by atoms with Crippen LogP contribution >= 0.6 is 0 Å². The van der Waals surface area contributed by atoms with Gasteiger partial charge in [-0.3, -0.25) is 4.98 Å². The molecule has 1 unspecified atom stereocenters. The lowest BCUT2D eigenvalue weighted by atomic mass is 9.92. The van der Waals surface area contributed by atoms with Gasteiger partial charge in [0.1, 0.15) is 0 Å². The quantitative estimate of drug-likeness (QED) is 0.774. The second-order valence-electron chi connectivity index (χ2n) is 4.86. The Kier molecular flexibility index (Phi) is 3.66. The summed E-state index contributed by atoms with van der Waals surface area (Å²) in [4.78, 5) is 4.60. The van der Waals surface area contributed by atoms with E-state index in [1.165, 1.54) is 23.2 Å². The lowest BCUT2D eigenvalue weighted by molar-refractivity contribution is 0.232. The molecule has 1 aliphatic carbocycles. The molecular formula is C13H21NO2Si. The molecule has 0 amide bonds. The van der Waals surface area contributed by atoms with Gasteiger partial charge in [0.25, 0.3) is 0 Å². The lowest BCUT2D eigenvalue weighted by Crippen LogP contribution is -2.45. The highest BCUT2D eigenvalue weighted by molar-refractivity contribution is 6.67. The van der Waals surface area contributed by atoms with Crippen molar-refractivity contribution in [1.29, 1.82) is 0 Å². The highest BCUT2D eigenvalue weighted by atomic mass is 28.4. The highest BCUT2D eigenvalue weighted by Crippen LogP contribution is 2.38. The van der Waals surface area contributed by atoms with Crippen molar-refractivity contribution in [3.05, 3.63) is 29.1 Å². The predicted octanol–water partition coefficient (Wildman–Crippen LogP) is 2.71. The number of aromatic nitrogens is 1. The summed E-state index contributed by atoms with van der Waals surface area (Å²) >= 11 is 0. The summed E-state index contributed by atoms with van der Waals surface area (Å²) in [5.74, 6) is 0. The van der Waals surface area contributed by atoms with Crippen LogP contribution in [-0.2, 0) is 15.3 Å². The Bertz CT molecular complexity index is 404. The second-order valence-corrected chi connectivity index (χ2v) is 8.41. The maximum absolute atomic E-state index is 5.70. The van der Waals surface area contributed by atoms with E-state index < -0.39 is 8.56 Å². The van der Waals surface area contributed by atoms with Crippen molar-refractivity contribution in [3.8, 4) is 0 Å². The summed E-state index contributed by atoms with van der Waals surface area (Å²) < 4.78 is 11.4. The van der Waals surface area contributed by atoms with Gasteiger partial charge >= 0.3 is 8.56 Å². The standard InChI is InChI=1S/C13H21NO2Si/c1-10-8-9-14-13-11(10)6-5-7-12(13)17(4,15-2)16-3/h8-9,12H,5-7H2,1-4H3. The molecule has 1 aromatic rings. The first-order valence-corrected chi connectivity index (χ1v) is 8.56. The van der Waals surface area contributed by atoms with Crippen molar-refractivity contribution < 1.29 is 8.85 Å². The first-order valence-electron chi connectivity index (χ1n) is 6.17. The van der Waals surface area contributed by atoms with Gasteiger partial charge in [-0.05, 0) is 49.9 Å². The Hall–Kier alpha value is -0.713. The van der Waals surface area contributed by atoms with Gasteiger partial charge in [-0.1, -0.05) is 0 Å². The molecule has 1 aliphatic rings. The summed E-state index contributed by atoms with van der Waals surface area (Å²) in [7, 11) is 1.39. The summed E-state index contributed by atoms with van der Waals surface area (Å²) in [6.07, 6.45) is 5.39. The molecule has 0 spiro atoms. The molecular weight excluding hydrogens is 230 g/mol. The minimum absolute atomic E-state index is 0.362. The molecule has 3 nitrogen and oxygen atoms in total. The average molecular weight is 251 g/mol. The van der Waals surface area contributed by atoms with Crippen molar-refractivity contribution in [3.63, 3.8) is 0 Å². The number of hydrogen-bond donors (Lipinski definition) is 0. The zero-order valence-electron chi connectivity index (χ0n) is 11.1. The molecule has 4 heteroatoms. The molecule has 0 aliphatic heterocycles. The summed E-state index contributed by atoms with van der Waals surface area (Å²) in [5.41, 5.74) is 4.34. The van der Waals surface area contributed by atoms with Crippen LogP contribution < -0.4 is 0 Å². The van der Waals surface area contributed by atoms with E-state index in [0.29, 0.717) is 5.54 Å². The molecule has 0 N–H and O–H groups in total. The zero-order chi connectivity index (χ0) is 12.5. The van der Waals surface area contributed by atoms with Crippen LogP contribution in [0.1, 0.15) is 35.2 Å². The van der Waals surface area contributed by atoms with E-state index in [-0.39, 0.29) is 0 Å².